The van der Waals surface area contributed by atoms with Crippen LogP contribution in [0, 0.1) is 10.1 Å². The molecule has 0 heterocycles. The zero-order chi connectivity index (χ0) is 18.5. The van der Waals surface area contributed by atoms with Gasteiger partial charge >= 0.3 is 12.1 Å². The Morgan fingerprint density at radius 2 is 1.96 bits per heavy atom. The first-order valence-electron chi connectivity index (χ1n) is 6.54. The van der Waals surface area contributed by atoms with Gasteiger partial charge in [-0.1, -0.05) is 12.1 Å². The van der Waals surface area contributed by atoms with Gasteiger partial charge in [0.1, 0.15) is 11.7 Å². The van der Waals surface area contributed by atoms with Crippen LogP contribution >= 0.6 is 0 Å². The highest BCUT2D eigenvalue weighted by Crippen LogP contribution is 2.26. The minimum Gasteiger partial charge on any atom is -0.480 e. The molecule has 0 aliphatic heterocycles. The predicted molar refractivity (Wildman–Crippen MR) is 76.6 cm³/mol. The molecule has 1 atom stereocenters. The van der Waals surface area contributed by atoms with E-state index in [-0.39, 0.29) is 11.4 Å². The molecule has 0 aromatic heterocycles. The molecule has 0 aliphatic rings. The molecule has 24 heavy (non-hydrogen) atoms. The Morgan fingerprint density at radius 3 is 2.46 bits per heavy atom. The number of nitrogens with zero attached hydrogens (tertiary/aromatic N) is 2. The first-order valence-corrected chi connectivity index (χ1v) is 6.54. The fraction of sp³-hybridized carbons (Fsp3) is 0.385. The first-order chi connectivity index (χ1) is 11.0. The van der Waals surface area contributed by atoms with Crippen LogP contribution in [0.25, 0.3) is 0 Å². The number of amides is 1. The number of anilines is 1. The molecule has 2 N–H and O–H groups in total. The number of nitrogens with one attached hydrogen (secondary N) is 1. The summed E-state index contributed by atoms with van der Waals surface area (Å²) in [5.41, 5.74) is -0.224. The van der Waals surface area contributed by atoms with Gasteiger partial charge in [0.2, 0.25) is 5.91 Å². The maximum absolute atomic E-state index is 12.3. The van der Waals surface area contributed by atoms with Crippen LogP contribution in [-0.2, 0) is 9.59 Å². The van der Waals surface area contributed by atoms with Gasteiger partial charge in [-0.25, -0.2) is 4.79 Å². The lowest BCUT2D eigenvalue weighted by atomic mass is 10.2. The summed E-state index contributed by atoms with van der Waals surface area (Å²) in [6.45, 7) is -0.549. The molecule has 1 amide bonds. The van der Waals surface area contributed by atoms with Gasteiger partial charge in [-0.2, -0.15) is 13.2 Å². The van der Waals surface area contributed by atoms with Crippen molar-refractivity contribution in [2.24, 2.45) is 0 Å². The molecule has 0 radical (unpaired) electrons. The van der Waals surface area contributed by atoms with Gasteiger partial charge in [-0.3, -0.25) is 14.9 Å². The normalized spacial score (nSPS) is 12.3. The number of likely N-dealkylation sites (N-methyl/N-ethyl adjacent to an activating group) is 1. The van der Waals surface area contributed by atoms with Gasteiger partial charge in [-0.05, 0) is 6.07 Å². The van der Waals surface area contributed by atoms with Crippen molar-refractivity contribution >= 4 is 23.3 Å². The highest BCUT2D eigenvalue weighted by atomic mass is 19.4. The topological polar surface area (TPSA) is 113 Å². The summed E-state index contributed by atoms with van der Waals surface area (Å²) in [5.74, 6) is -2.83. The van der Waals surface area contributed by atoms with Crippen molar-refractivity contribution in [3.63, 3.8) is 0 Å². The number of halogens is 3. The van der Waals surface area contributed by atoms with Gasteiger partial charge in [0.25, 0.3) is 5.69 Å². The molecule has 1 aromatic carbocycles. The summed E-state index contributed by atoms with van der Waals surface area (Å²) < 4.78 is 36.9. The Kier molecular flexibility index (Phi) is 6.09. The Hall–Kier alpha value is -2.85. The van der Waals surface area contributed by atoms with E-state index in [1.165, 1.54) is 31.3 Å². The minimum atomic E-state index is -4.76. The van der Waals surface area contributed by atoms with E-state index in [2.05, 4.69) is 0 Å². The number of carboxylic acid groups (broad SMARTS) is 1. The van der Waals surface area contributed by atoms with Crippen molar-refractivity contribution in [1.82, 2.24) is 5.32 Å². The molecule has 0 bridgehead atoms. The number of hydrogen-bond acceptors (Lipinski definition) is 5. The average molecular weight is 349 g/mol. The van der Waals surface area contributed by atoms with E-state index in [4.69, 9.17) is 5.11 Å². The second-order valence-corrected chi connectivity index (χ2v) is 4.88. The molecule has 1 unspecified atom stereocenters. The third kappa shape index (κ3) is 5.74. The van der Waals surface area contributed by atoms with Crippen molar-refractivity contribution in [3.05, 3.63) is 34.4 Å². The number of hydrogen-bond donors (Lipinski definition) is 2. The van der Waals surface area contributed by atoms with Crippen LogP contribution < -0.4 is 10.2 Å². The average Bonchev–Trinajstić information content (AvgIpc) is 2.44. The first kappa shape index (κ1) is 19.2. The minimum absolute atomic E-state index is 0.0698. The van der Waals surface area contributed by atoms with Gasteiger partial charge < -0.3 is 15.3 Å². The van der Waals surface area contributed by atoms with Crippen LogP contribution in [0.4, 0.5) is 24.5 Å². The number of carboxylic acids is 1. The van der Waals surface area contributed by atoms with Crippen LogP contribution in [-0.4, -0.2) is 47.7 Å². The molecule has 1 aromatic rings. The Morgan fingerprint density at radius 1 is 1.38 bits per heavy atom. The molecule has 0 aliphatic carbocycles. The van der Waals surface area contributed by atoms with Gasteiger partial charge in [0.15, 0.2) is 0 Å². The lowest BCUT2D eigenvalue weighted by Crippen LogP contribution is -2.47. The van der Waals surface area contributed by atoms with E-state index in [0.717, 1.165) is 4.90 Å². The molecule has 0 spiro atoms. The molecule has 1 rings (SSSR count). The summed E-state index contributed by atoms with van der Waals surface area (Å²) in [6.07, 6.45) is -6.48. The summed E-state index contributed by atoms with van der Waals surface area (Å²) in [7, 11) is 1.32. The number of aliphatic carboxylic acids is 1. The SMILES string of the molecule is CN(CC(=O)NC(CC(F)(F)F)C(=O)O)c1ccccc1[N+](=O)[O-]. The summed E-state index contributed by atoms with van der Waals surface area (Å²) >= 11 is 0. The van der Waals surface area contributed by atoms with Gasteiger partial charge in [0, 0.05) is 13.1 Å². The van der Waals surface area contributed by atoms with E-state index < -0.39 is 42.0 Å². The van der Waals surface area contributed by atoms with E-state index in [1.807, 2.05) is 0 Å². The number of nitro groups is 1. The summed E-state index contributed by atoms with van der Waals surface area (Å²) in [4.78, 5) is 33.9. The molecular formula is C13H14F3N3O5. The standard InChI is InChI=1S/C13H14F3N3O5/c1-18(9-4-2-3-5-10(9)19(23)24)7-11(20)17-8(12(21)22)6-13(14,15)16/h2-5,8H,6-7H2,1H3,(H,17,20)(H,21,22). The highest BCUT2D eigenvalue weighted by Gasteiger charge is 2.36. The third-order valence-corrected chi connectivity index (χ3v) is 2.94. The molecule has 132 valence electrons. The van der Waals surface area contributed by atoms with Crippen molar-refractivity contribution in [2.45, 2.75) is 18.6 Å². The van der Waals surface area contributed by atoms with Gasteiger partial charge in [-0.15, -0.1) is 0 Å². The number of para-hydroxylation sites is 2. The van der Waals surface area contributed by atoms with Crippen LogP contribution in [0.15, 0.2) is 24.3 Å². The quantitative estimate of drug-likeness (QED) is 0.570. The van der Waals surface area contributed by atoms with Crippen molar-refractivity contribution < 1.29 is 32.8 Å². The Bertz CT molecular complexity index is 636. The second kappa shape index (κ2) is 7.62. The molecule has 0 fully saturated rings. The third-order valence-electron chi connectivity index (χ3n) is 2.94. The predicted octanol–water partition coefficient (Wildman–Crippen LogP) is 1.55. The molecule has 0 saturated carbocycles. The van der Waals surface area contributed by atoms with Crippen molar-refractivity contribution in [2.75, 3.05) is 18.5 Å². The van der Waals surface area contributed by atoms with Crippen LogP contribution in [0.3, 0.4) is 0 Å². The van der Waals surface area contributed by atoms with Crippen LogP contribution in [0.1, 0.15) is 6.42 Å². The Balaban J connectivity index is 2.80. The zero-order valence-corrected chi connectivity index (χ0v) is 12.4. The van der Waals surface area contributed by atoms with Gasteiger partial charge in [0.05, 0.1) is 17.9 Å². The zero-order valence-electron chi connectivity index (χ0n) is 12.4. The molecule has 8 nitrogen and oxygen atoms in total. The summed E-state index contributed by atoms with van der Waals surface area (Å²) in [6, 6.07) is 3.33. The number of carbonyl (C=O) groups is 2. The second-order valence-electron chi connectivity index (χ2n) is 4.88. The fourth-order valence-corrected chi connectivity index (χ4v) is 1.91. The lowest BCUT2D eigenvalue weighted by molar-refractivity contribution is -0.384. The van der Waals surface area contributed by atoms with E-state index >= 15 is 0 Å². The number of benzene rings is 1. The largest absolute Gasteiger partial charge is 0.480 e. The highest BCUT2D eigenvalue weighted by molar-refractivity contribution is 5.87. The Labute approximate surface area is 134 Å². The smallest absolute Gasteiger partial charge is 0.391 e. The maximum atomic E-state index is 12.3. The molecule has 0 saturated heterocycles. The van der Waals surface area contributed by atoms with Crippen molar-refractivity contribution in [1.29, 1.82) is 0 Å². The number of rotatable bonds is 7. The van der Waals surface area contributed by atoms with E-state index in [1.54, 1.807) is 5.32 Å². The maximum Gasteiger partial charge on any atom is 0.391 e. The number of carbonyl (C=O) groups excluding carboxylic acids is 1. The molecule has 11 heteroatoms. The van der Waals surface area contributed by atoms with E-state index in [9.17, 15) is 32.9 Å². The number of nitro benzene ring substituents is 1. The van der Waals surface area contributed by atoms with Crippen molar-refractivity contribution in [3.8, 4) is 0 Å². The van der Waals surface area contributed by atoms with E-state index in [0.29, 0.717) is 0 Å². The summed E-state index contributed by atoms with van der Waals surface area (Å²) in [5, 5.41) is 21.4. The number of alkyl halides is 3. The fourth-order valence-electron chi connectivity index (χ4n) is 1.91. The monoisotopic (exact) mass is 349 g/mol. The lowest BCUT2D eigenvalue weighted by Gasteiger charge is -2.21. The molecular weight excluding hydrogens is 335 g/mol. The van der Waals surface area contributed by atoms with Crippen LogP contribution in [0.2, 0.25) is 0 Å². The van der Waals surface area contributed by atoms with Crippen LogP contribution in [0.5, 0.6) is 0 Å².